The Labute approximate surface area is 144 Å². The molecule has 0 spiro atoms. The molecule has 0 aromatic carbocycles. The first kappa shape index (κ1) is 16.4. The van der Waals surface area contributed by atoms with Crippen molar-refractivity contribution in [1.82, 2.24) is 20.4 Å². The first-order valence-electron chi connectivity index (χ1n) is 7.68. The Morgan fingerprint density at radius 1 is 1.29 bits per heavy atom. The van der Waals surface area contributed by atoms with E-state index in [9.17, 15) is 9.59 Å². The van der Waals surface area contributed by atoms with Crippen LogP contribution in [0.4, 0.5) is 0 Å². The number of rotatable bonds is 3. The Hall–Kier alpha value is -2.41. The number of aryl methyl sites for hydroxylation is 1. The Balaban J connectivity index is 1.53. The third-order valence-corrected chi connectivity index (χ3v) is 4.15. The highest BCUT2D eigenvalue weighted by molar-refractivity contribution is 6.30. The van der Waals surface area contributed by atoms with Crippen LogP contribution in [0.25, 0.3) is 0 Å². The van der Waals surface area contributed by atoms with Crippen molar-refractivity contribution >= 4 is 23.4 Å². The minimum atomic E-state index is -0.254. The maximum absolute atomic E-state index is 12.4. The fourth-order valence-corrected chi connectivity index (χ4v) is 2.74. The largest absolute Gasteiger partial charge is 0.361 e. The molecule has 3 rings (SSSR count). The van der Waals surface area contributed by atoms with Gasteiger partial charge in [0.2, 0.25) is 0 Å². The molecule has 1 aliphatic heterocycles. The lowest BCUT2D eigenvalue weighted by Gasteiger charge is -2.32. The number of halogens is 1. The average Bonchev–Trinajstić information content (AvgIpc) is 3.02. The van der Waals surface area contributed by atoms with Gasteiger partial charge >= 0.3 is 0 Å². The molecule has 0 aliphatic carbocycles. The summed E-state index contributed by atoms with van der Waals surface area (Å²) in [5.41, 5.74) is 0.649. The molecule has 1 N–H and O–H groups in total. The number of amides is 2. The second-order valence-corrected chi connectivity index (χ2v) is 6.16. The lowest BCUT2D eigenvalue weighted by atomic mass is 10.0. The van der Waals surface area contributed by atoms with Gasteiger partial charge in [-0.05, 0) is 31.9 Å². The first-order chi connectivity index (χ1) is 11.5. The van der Waals surface area contributed by atoms with Crippen molar-refractivity contribution in [3.05, 3.63) is 46.6 Å². The number of nitrogens with one attached hydrogen (secondary N) is 1. The van der Waals surface area contributed by atoms with E-state index in [4.69, 9.17) is 16.1 Å². The quantitative estimate of drug-likeness (QED) is 0.917. The third-order valence-electron chi connectivity index (χ3n) is 3.92. The van der Waals surface area contributed by atoms with E-state index < -0.39 is 0 Å². The molecule has 0 saturated carbocycles. The van der Waals surface area contributed by atoms with Crippen molar-refractivity contribution in [2.24, 2.45) is 0 Å². The van der Waals surface area contributed by atoms with Crippen molar-refractivity contribution < 1.29 is 14.1 Å². The molecular formula is C16H17ClN4O3. The zero-order valence-corrected chi connectivity index (χ0v) is 13.9. The number of carbonyl (C=O) groups is 2. The molecule has 2 amide bonds. The summed E-state index contributed by atoms with van der Waals surface area (Å²) in [6.07, 6.45) is 2.82. The van der Waals surface area contributed by atoms with Crippen LogP contribution in [0, 0.1) is 6.92 Å². The van der Waals surface area contributed by atoms with Crippen LogP contribution in [0.2, 0.25) is 5.02 Å². The summed E-state index contributed by atoms with van der Waals surface area (Å²) < 4.78 is 4.90. The predicted molar refractivity (Wildman–Crippen MR) is 86.9 cm³/mol. The third kappa shape index (κ3) is 3.73. The summed E-state index contributed by atoms with van der Waals surface area (Å²) in [7, 11) is 0. The number of aromatic nitrogens is 2. The van der Waals surface area contributed by atoms with E-state index in [0.29, 0.717) is 42.4 Å². The summed E-state index contributed by atoms with van der Waals surface area (Å²) in [5.74, 6) is 0.218. The molecule has 7 nitrogen and oxygen atoms in total. The molecule has 0 atom stereocenters. The van der Waals surface area contributed by atoms with Gasteiger partial charge in [0.15, 0.2) is 5.69 Å². The van der Waals surface area contributed by atoms with Crippen molar-refractivity contribution in [2.75, 3.05) is 13.1 Å². The predicted octanol–water partition coefficient (Wildman–Crippen LogP) is 2.07. The van der Waals surface area contributed by atoms with Gasteiger partial charge in [-0.25, -0.2) is 4.98 Å². The number of piperidine rings is 1. The first-order valence-corrected chi connectivity index (χ1v) is 8.06. The van der Waals surface area contributed by atoms with E-state index in [1.54, 1.807) is 30.0 Å². The molecule has 0 bridgehead atoms. The van der Waals surface area contributed by atoms with E-state index in [1.807, 2.05) is 0 Å². The van der Waals surface area contributed by atoms with Crippen molar-refractivity contribution in [3.63, 3.8) is 0 Å². The van der Waals surface area contributed by atoms with Crippen LogP contribution in [0.3, 0.4) is 0 Å². The Morgan fingerprint density at radius 3 is 2.62 bits per heavy atom. The molecule has 3 heterocycles. The fraction of sp³-hybridized carbons (Fsp3) is 0.375. The number of nitrogens with zero attached hydrogens (tertiary/aromatic N) is 3. The van der Waals surface area contributed by atoms with Gasteiger partial charge in [-0.1, -0.05) is 16.8 Å². The molecule has 0 radical (unpaired) electrons. The summed E-state index contributed by atoms with van der Waals surface area (Å²) in [4.78, 5) is 30.2. The second-order valence-electron chi connectivity index (χ2n) is 5.72. The van der Waals surface area contributed by atoms with Gasteiger partial charge < -0.3 is 14.7 Å². The Kier molecular flexibility index (Phi) is 4.80. The Morgan fingerprint density at radius 2 is 2.04 bits per heavy atom. The molecule has 8 heteroatoms. The maximum atomic E-state index is 12.4. The van der Waals surface area contributed by atoms with E-state index in [1.165, 1.54) is 6.20 Å². The number of pyridine rings is 1. The minimum Gasteiger partial charge on any atom is -0.361 e. The van der Waals surface area contributed by atoms with Crippen LogP contribution in [0.1, 0.15) is 39.6 Å². The van der Waals surface area contributed by atoms with Crippen molar-refractivity contribution in [2.45, 2.75) is 25.8 Å². The summed E-state index contributed by atoms with van der Waals surface area (Å²) in [6.45, 7) is 2.86. The van der Waals surface area contributed by atoms with Crippen LogP contribution in [-0.2, 0) is 0 Å². The topological polar surface area (TPSA) is 88.3 Å². The molecule has 126 valence electrons. The fourth-order valence-electron chi connectivity index (χ4n) is 2.62. The summed E-state index contributed by atoms with van der Waals surface area (Å²) >= 11 is 5.78. The van der Waals surface area contributed by atoms with Gasteiger partial charge in [-0.2, -0.15) is 0 Å². The lowest BCUT2D eigenvalue weighted by Crippen LogP contribution is -2.46. The number of hydrogen-bond donors (Lipinski definition) is 1. The standard InChI is InChI=1S/C16H17ClN4O3/c1-10-8-14(20-24-10)15(22)19-12-4-6-21(7-5-12)16(23)13-3-2-11(17)9-18-13/h2-3,8-9,12H,4-7H2,1H3,(H,19,22). The lowest BCUT2D eigenvalue weighted by molar-refractivity contribution is 0.0692. The maximum Gasteiger partial charge on any atom is 0.273 e. The highest BCUT2D eigenvalue weighted by Gasteiger charge is 2.26. The van der Waals surface area contributed by atoms with Crippen LogP contribution in [0.5, 0.6) is 0 Å². The van der Waals surface area contributed by atoms with Crippen molar-refractivity contribution in [3.8, 4) is 0 Å². The normalized spacial score (nSPS) is 15.3. The van der Waals surface area contributed by atoms with Gasteiger partial charge in [-0.3, -0.25) is 9.59 Å². The highest BCUT2D eigenvalue weighted by atomic mass is 35.5. The number of hydrogen-bond acceptors (Lipinski definition) is 5. The van der Waals surface area contributed by atoms with Gasteiger partial charge in [-0.15, -0.1) is 0 Å². The van der Waals surface area contributed by atoms with E-state index in [-0.39, 0.29) is 23.6 Å². The monoisotopic (exact) mass is 348 g/mol. The average molecular weight is 349 g/mol. The molecular weight excluding hydrogens is 332 g/mol. The van der Waals surface area contributed by atoms with Gasteiger partial charge in [0.05, 0.1) is 5.02 Å². The van der Waals surface area contributed by atoms with Crippen LogP contribution in [-0.4, -0.2) is 46.0 Å². The summed E-state index contributed by atoms with van der Waals surface area (Å²) in [5, 5.41) is 7.12. The molecule has 0 unspecified atom stereocenters. The number of likely N-dealkylation sites (tertiary alicyclic amines) is 1. The van der Waals surface area contributed by atoms with Gasteiger partial charge in [0.25, 0.3) is 11.8 Å². The minimum absolute atomic E-state index is 0.0109. The zero-order valence-electron chi connectivity index (χ0n) is 13.2. The highest BCUT2D eigenvalue weighted by Crippen LogP contribution is 2.15. The van der Waals surface area contributed by atoms with Crippen LogP contribution in [0.15, 0.2) is 28.9 Å². The van der Waals surface area contributed by atoms with Gasteiger partial charge in [0, 0.05) is 31.4 Å². The number of carbonyl (C=O) groups excluding carboxylic acids is 2. The van der Waals surface area contributed by atoms with E-state index >= 15 is 0 Å². The molecule has 24 heavy (non-hydrogen) atoms. The molecule has 1 aliphatic rings. The van der Waals surface area contributed by atoms with Gasteiger partial charge in [0.1, 0.15) is 11.5 Å². The molecule has 2 aromatic heterocycles. The van der Waals surface area contributed by atoms with Crippen LogP contribution < -0.4 is 5.32 Å². The second kappa shape index (κ2) is 7.00. The van der Waals surface area contributed by atoms with E-state index in [0.717, 1.165) is 0 Å². The van der Waals surface area contributed by atoms with Crippen molar-refractivity contribution in [1.29, 1.82) is 0 Å². The SMILES string of the molecule is Cc1cc(C(=O)NC2CCN(C(=O)c3ccc(Cl)cn3)CC2)no1. The summed E-state index contributed by atoms with van der Waals surface area (Å²) in [6, 6.07) is 4.87. The molecule has 1 fully saturated rings. The van der Waals surface area contributed by atoms with Crippen LogP contribution >= 0.6 is 11.6 Å². The molecule has 2 aromatic rings. The zero-order chi connectivity index (χ0) is 17.1. The molecule has 1 saturated heterocycles. The smallest absolute Gasteiger partial charge is 0.273 e. The Bertz CT molecular complexity index is 736. The van der Waals surface area contributed by atoms with E-state index in [2.05, 4.69) is 15.5 Å².